The molecule has 0 spiro atoms. The second-order valence-electron chi connectivity index (χ2n) is 4.69. The lowest BCUT2D eigenvalue weighted by atomic mass is 10.2. The zero-order chi connectivity index (χ0) is 15.1. The number of nitrogens with zero attached hydrogens (tertiary/aromatic N) is 2. The summed E-state index contributed by atoms with van der Waals surface area (Å²) in [4.78, 5) is 4.51. The Morgan fingerprint density at radius 2 is 1.71 bits per heavy atom. The van der Waals surface area contributed by atoms with Crippen molar-refractivity contribution in [2.24, 2.45) is 0 Å². The quantitative estimate of drug-likeness (QED) is 0.510. The lowest BCUT2D eigenvalue weighted by Crippen LogP contribution is -1.99. The molecule has 0 bridgehead atoms. The SMILES string of the molecule is Cc1ccc(-n2c(CCl)nc3cc(Cl)c(Cl)cc32)cc1Cl. The second-order valence-corrected chi connectivity index (χ2v) is 6.17. The van der Waals surface area contributed by atoms with Gasteiger partial charge in [0.15, 0.2) is 0 Å². The van der Waals surface area contributed by atoms with E-state index in [9.17, 15) is 0 Å². The summed E-state index contributed by atoms with van der Waals surface area (Å²) in [6.45, 7) is 1.96. The van der Waals surface area contributed by atoms with Gasteiger partial charge in [0.05, 0.1) is 27.0 Å². The average molecular weight is 360 g/mol. The fourth-order valence-electron chi connectivity index (χ4n) is 2.22. The topological polar surface area (TPSA) is 17.8 Å². The molecule has 0 aliphatic carbocycles. The molecule has 0 atom stereocenters. The number of aromatic nitrogens is 2. The second kappa shape index (κ2) is 5.69. The van der Waals surface area contributed by atoms with E-state index in [0.29, 0.717) is 20.9 Å². The van der Waals surface area contributed by atoms with Crippen LogP contribution in [0.25, 0.3) is 16.7 Å². The molecule has 3 rings (SSSR count). The van der Waals surface area contributed by atoms with Crippen LogP contribution in [0, 0.1) is 6.92 Å². The number of rotatable bonds is 2. The Labute approximate surface area is 142 Å². The van der Waals surface area contributed by atoms with Crippen LogP contribution in [0.3, 0.4) is 0 Å². The van der Waals surface area contributed by atoms with Crippen LogP contribution in [0.5, 0.6) is 0 Å². The molecule has 0 saturated carbocycles. The van der Waals surface area contributed by atoms with E-state index in [4.69, 9.17) is 46.4 Å². The van der Waals surface area contributed by atoms with E-state index in [1.54, 1.807) is 12.1 Å². The predicted octanol–water partition coefficient (Wildman–Crippen LogP) is 6.03. The molecule has 3 aromatic rings. The number of fused-ring (bicyclic) bond motifs is 1. The maximum Gasteiger partial charge on any atom is 0.129 e. The number of aryl methyl sites for hydroxylation is 1. The maximum absolute atomic E-state index is 6.22. The van der Waals surface area contributed by atoms with Crippen molar-refractivity contribution in [2.75, 3.05) is 0 Å². The van der Waals surface area contributed by atoms with Crippen LogP contribution >= 0.6 is 46.4 Å². The first-order valence-electron chi connectivity index (χ1n) is 6.20. The van der Waals surface area contributed by atoms with Gasteiger partial charge < -0.3 is 0 Å². The fourth-order valence-corrected chi connectivity index (χ4v) is 2.89. The van der Waals surface area contributed by atoms with Crippen LogP contribution in [0.15, 0.2) is 30.3 Å². The van der Waals surface area contributed by atoms with Crippen molar-refractivity contribution in [1.82, 2.24) is 9.55 Å². The third kappa shape index (κ3) is 2.62. The molecule has 2 aromatic carbocycles. The maximum atomic E-state index is 6.22. The normalized spacial score (nSPS) is 11.3. The van der Waals surface area contributed by atoms with Gasteiger partial charge in [0.1, 0.15) is 5.82 Å². The van der Waals surface area contributed by atoms with Crippen molar-refractivity contribution in [3.05, 3.63) is 56.8 Å². The van der Waals surface area contributed by atoms with Crippen LogP contribution in [0.4, 0.5) is 0 Å². The molecular weight excluding hydrogens is 350 g/mol. The van der Waals surface area contributed by atoms with Crippen molar-refractivity contribution in [2.45, 2.75) is 12.8 Å². The van der Waals surface area contributed by atoms with Crippen LogP contribution in [-0.4, -0.2) is 9.55 Å². The zero-order valence-electron chi connectivity index (χ0n) is 11.0. The Balaban J connectivity index is 2.34. The lowest BCUT2D eigenvalue weighted by molar-refractivity contribution is 0.981. The first-order chi connectivity index (χ1) is 10.0. The van der Waals surface area contributed by atoms with Crippen molar-refractivity contribution in [1.29, 1.82) is 0 Å². The molecule has 0 aliphatic rings. The van der Waals surface area contributed by atoms with E-state index in [0.717, 1.165) is 22.3 Å². The van der Waals surface area contributed by atoms with Crippen molar-refractivity contribution >= 4 is 57.4 Å². The van der Waals surface area contributed by atoms with Crippen LogP contribution in [0.2, 0.25) is 15.1 Å². The number of benzene rings is 2. The Morgan fingerprint density at radius 1 is 1.00 bits per heavy atom. The highest BCUT2D eigenvalue weighted by molar-refractivity contribution is 6.42. The fraction of sp³-hybridized carbons (Fsp3) is 0.133. The highest BCUT2D eigenvalue weighted by atomic mass is 35.5. The van der Waals surface area contributed by atoms with Gasteiger partial charge >= 0.3 is 0 Å². The van der Waals surface area contributed by atoms with Gasteiger partial charge in [-0.3, -0.25) is 4.57 Å². The third-order valence-corrected chi connectivity index (χ3v) is 4.67. The Bertz CT molecular complexity index is 839. The van der Waals surface area contributed by atoms with Gasteiger partial charge in [-0.1, -0.05) is 40.9 Å². The molecule has 21 heavy (non-hydrogen) atoms. The average Bonchev–Trinajstić information content (AvgIpc) is 2.80. The summed E-state index contributed by atoms with van der Waals surface area (Å²) in [6, 6.07) is 9.34. The van der Waals surface area contributed by atoms with Gasteiger partial charge in [0.2, 0.25) is 0 Å². The molecule has 0 saturated heterocycles. The molecule has 108 valence electrons. The molecule has 0 radical (unpaired) electrons. The molecule has 2 nitrogen and oxygen atoms in total. The smallest absolute Gasteiger partial charge is 0.129 e. The van der Waals surface area contributed by atoms with Gasteiger partial charge in [-0.25, -0.2) is 4.98 Å². The third-order valence-electron chi connectivity index (χ3n) is 3.30. The minimum absolute atomic E-state index is 0.273. The van der Waals surface area contributed by atoms with Gasteiger partial charge in [0.25, 0.3) is 0 Å². The standard InChI is InChI=1S/C15H10Cl4N2/c1-8-2-3-9(4-10(8)17)21-14-6-12(19)11(18)5-13(14)20-15(21)7-16/h2-6H,7H2,1H3. The van der Waals surface area contributed by atoms with E-state index >= 15 is 0 Å². The van der Waals surface area contributed by atoms with Gasteiger partial charge in [-0.2, -0.15) is 0 Å². The Hall–Kier alpha value is -0.930. The molecule has 0 unspecified atom stereocenters. The van der Waals surface area contributed by atoms with Gasteiger partial charge in [-0.15, -0.1) is 11.6 Å². The molecule has 1 heterocycles. The number of imidazole rings is 1. The first-order valence-corrected chi connectivity index (χ1v) is 7.87. The summed E-state index contributed by atoms with van der Waals surface area (Å²) < 4.78 is 1.94. The number of halogens is 4. The monoisotopic (exact) mass is 358 g/mol. The lowest BCUT2D eigenvalue weighted by Gasteiger charge is -2.09. The minimum atomic E-state index is 0.273. The predicted molar refractivity (Wildman–Crippen MR) is 90.4 cm³/mol. The summed E-state index contributed by atoms with van der Waals surface area (Å²) in [5.74, 6) is 0.986. The number of hydrogen-bond donors (Lipinski definition) is 0. The molecule has 0 fully saturated rings. The minimum Gasteiger partial charge on any atom is -0.295 e. The summed E-state index contributed by atoms with van der Waals surface area (Å²) in [6.07, 6.45) is 0. The largest absolute Gasteiger partial charge is 0.295 e. The van der Waals surface area contributed by atoms with E-state index < -0.39 is 0 Å². The molecule has 0 N–H and O–H groups in total. The first kappa shape index (κ1) is 15.0. The molecule has 0 aliphatic heterocycles. The van der Waals surface area contributed by atoms with Crippen LogP contribution in [0.1, 0.15) is 11.4 Å². The van der Waals surface area contributed by atoms with E-state index in [2.05, 4.69) is 4.98 Å². The van der Waals surface area contributed by atoms with Gasteiger partial charge in [0, 0.05) is 10.7 Å². The molecule has 0 amide bonds. The van der Waals surface area contributed by atoms with Crippen LogP contribution in [-0.2, 0) is 5.88 Å². The van der Waals surface area contributed by atoms with Crippen molar-refractivity contribution in [3.8, 4) is 5.69 Å². The molecular formula is C15H10Cl4N2. The molecule has 1 aromatic heterocycles. The number of alkyl halides is 1. The molecule has 6 heteroatoms. The van der Waals surface area contributed by atoms with Gasteiger partial charge in [-0.05, 0) is 36.8 Å². The Kier molecular flexibility index (Phi) is 4.06. The summed E-state index contributed by atoms with van der Waals surface area (Å²) in [7, 11) is 0. The highest BCUT2D eigenvalue weighted by Crippen LogP contribution is 2.31. The number of hydrogen-bond acceptors (Lipinski definition) is 1. The Morgan fingerprint density at radius 3 is 2.38 bits per heavy atom. The summed E-state index contributed by atoms with van der Waals surface area (Å²) in [5, 5.41) is 1.64. The van der Waals surface area contributed by atoms with E-state index in [-0.39, 0.29) is 5.88 Å². The van der Waals surface area contributed by atoms with Crippen LogP contribution < -0.4 is 0 Å². The van der Waals surface area contributed by atoms with Crippen molar-refractivity contribution in [3.63, 3.8) is 0 Å². The zero-order valence-corrected chi connectivity index (χ0v) is 14.0. The summed E-state index contributed by atoms with van der Waals surface area (Å²) >= 11 is 24.4. The van der Waals surface area contributed by atoms with E-state index in [1.165, 1.54) is 0 Å². The summed E-state index contributed by atoms with van der Waals surface area (Å²) in [5.41, 5.74) is 3.50. The van der Waals surface area contributed by atoms with E-state index in [1.807, 2.05) is 29.7 Å². The van der Waals surface area contributed by atoms with Crippen molar-refractivity contribution < 1.29 is 0 Å². The highest BCUT2D eigenvalue weighted by Gasteiger charge is 2.14.